The number of benzene rings is 1. The maximum atomic E-state index is 6.86. The van der Waals surface area contributed by atoms with Crippen molar-refractivity contribution in [1.82, 2.24) is 5.14 Å². The van der Waals surface area contributed by atoms with Gasteiger partial charge in [0.15, 0.2) is 0 Å². The molecular formula is C6H6NS. The van der Waals surface area contributed by atoms with E-state index in [2.05, 4.69) is 0 Å². The highest BCUT2D eigenvalue weighted by Crippen LogP contribution is 2.10. The summed E-state index contributed by atoms with van der Waals surface area (Å²) < 4.78 is 0. The summed E-state index contributed by atoms with van der Waals surface area (Å²) in [6, 6.07) is 9.63. The first-order chi connectivity index (χ1) is 3.93. The number of nitrogens with one attached hydrogen (secondary N) is 1. The van der Waals surface area contributed by atoms with Gasteiger partial charge in [0.2, 0.25) is 0 Å². The molecule has 1 radical (unpaired) electrons. The van der Waals surface area contributed by atoms with E-state index in [0.29, 0.717) is 0 Å². The zero-order chi connectivity index (χ0) is 5.82. The van der Waals surface area contributed by atoms with Gasteiger partial charge in [0, 0.05) is 4.90 Å². The highest BCUT2D eigenvalue weighted by molar-refractivity contribution is 7.96. The fourth-order valence-electron chi connectivity index (χ4n) is 0.489. The van der Waals surface area contributed by atoms with Crippen LogP contribution in [-0.4, -0.2) is 0 Å². The maximum Gasteiger partial charge on any atom is 0.0240 e. The first kappa shape index (κ1) is 5.66. The molecule has 0 unspecified atom stereocenters. The zero-order valence-corrected chi connectivity index (χ0v) is 5.11. The lowest BCUT2D eigenvalue weighted by Crippen LogP contribution is -1.64. The minimum Gasteiger partial charge on any atom is -0.186 e. The molecule has 0 spiro atoms. The molecular weight excluding hydrogens is 118 g/mol. The smallest absolute Gasteiger partial charge is 0.0240 e. The third-order valence-electron chi connectivity index (χ3n) is 0.861. The lowest BCUT2D eigenvalue weighted by atomic mass is 10.4. The largest absolute Gasteiger partial charge is 0.186 e. The third kappa shape index (κ3) is 1.25. The highest BCUT2D eigenvalue weighted by atomic mass is 32.2. The van der Waals surface area contributed by atoms with Crippen LogP contribution in [0.4, 0.5) is 0 Å². The number of hydrogen-bond acceptors (Lipinski definition) is 1. The van der Waals surface area contributed by atoms with Crippen LogP contribution in [0.3, 0.4) is 0 Å². The van der Waals surface area contributed by atoms with E-state index >= 15 is 0 Å². The van der Waals surface area contributed by atoms with Crippen molar-refractivity contribution in [3.8, 4) is 0 Å². The molecule has 8 heavy (non-hydrogen) atoms. The van der Waals surface area contributed by atoms with E-state index in [1.165, 1.54) is 0 Å². The van der Waals surface area contributed by atoms with Crippen molar-refractivity contribution in [1.29, 1.82) is 0 Å². The van der Waals surface area contributed by atoms with Gasteiger partial charge in [-0.15, -0.1) is 0 Å². The molecule has 1 aromatic rings. The quantitative estimate of drug-likeness (QED) is 0.525. The Bertz CT molecular complexity index is 150. The second-order valence-electron chi connectivity index (χ2n) is 1.42. The zero-order valence-electron chi connectivity index (χ0n) is 4.29. The van der Waals surface area contributed by atoms with E-state index in [-0.39, 0.29) is 0 Å². The van der Waals surface area contributed by atoms with Gasteiger partial charge in [0.1, 0.15) is 0 Å². The monoisotopic (exact) mass is 124 g/mol. The van der Waals surface area contributed by atoms with E-state index in [9.17, 15) is 0 Å². The van der Waals surface area contributed by atoms with Gasteiger partial charge >= 0.3 is 0 Å². The van der Waals surface area contributed by atoms with Crippen molar-refractivity contribution in [2.24, 2.45) is 0 Å². The van der Waals surface area contributed by atoms with E-state index in [1.54, 1.807) is 0 Å². The summed E-state index contributed by atoms with van der Waals surface area (Å²) in [5.41, 5.74) is 0. The summed E-state index contributed by atoms with van der Waals surface area (Å²) in [6.45, 7) is 0. The fraction of sp³-hybridized carbons (Fsp3) is 0. The standard InChI is InChI=1S/C6H6NS/c7-8-6-4-2-1-3-5-6/h1-5,7H. The van der Waals surface area contributed by atoms with Crippen molar-refractivity contribution < 1.29 is 0 Å². The van der Waals surface area contributed by atoms with Gasteiger partial charge in [0.25, 0.3) is 0 Å². The summed E-state index contributed by atoms with van der Waals surface area (Å²) in [5.74, 6) is 0. The van der Waals surface area contributed by atoms with Gasteiger partial charge in [0.05, 0.1) is 0 Å². The van der Waals surface area contributed by atoms with Crippen LogP contribution in [0.1, 0.15) is 0 Å². The summed E-state index contributed by atoms with van der Waals surface area (Å²) in [5, 5.41) is 6.86. The number of hydrogen-bond donors (Lipinski definition) is 0. The molecule has 1 nitrogen and oxygen atoms in total. The molecule has 41 valence electrons. The fourth-order valence-corrected chi connectivity index (χ4v) is 0.782. The van der Waals surface area contributed by atoms with Crippen molar-refractivity contribution >= 4 is 11.9 Å². The van der Waals surface area contributed by atoms with Crippen LogP contribution in [-0.2, 0) is 0 Å². The van der Waals surface area contributed by atoms with Gasteiger partial charge < -0.3 is 0 Å². The SMILES string of the molecule is [NH]Sc1ccccc1. The summed E-state index contributed by atoms with van der Waals surface area (Å²) in [4.78, 5) is 0.993. The van der Waals surface area contributed by atoms with Gasteiger partial charge in [-0.1, -0.05) is 18.2 Å². The van der Waals surface area contributed by atoms with Crippen LogP contribution < -0.4 is 5.14 Å². The molecule has 2 heteroatoms. The normalized spacial score (nSPS) is 9.12. The Kier molecular flexibility index (Phi) is 1.94. The average molecular weight is 124 g/mol. The van der Waals surface area contributed by atoms with Crippen molar-refractivity contribution in [2.75, 3.05) is 0 Å². The molecule has 0 saturated heterocycles. The topological polar surface area (TPSA) is 23.8 Å². The first-order valence-electron chi connectivity index (χ1n) is 2.32. The van der Waals surface area contributed by atoms with Crippen LogP contribution >= 0.6 is 11.9 Å². The lowest BCUT2D eigenvalue weighted by Gasteiger charge is -1.87. The van der Waals surface area contributed by atoms with Crippen LogP contribution in [0.25, 0.3) is 0 Å². The minimum atomic E-state index is 0.993. The molecule has 0 saturated carbocycles. The third-order valence-corrected chi connectivity index (χ3v) is 1.37. The molecule has 0 aliphatic rings. The summed E-state index contributed by atoms with van der Waals surface area (Å²) in [6.07, 6.45) is 0. The molecule has 1 N–H and O–H groups in total. The van der Waals surface area contributed by atoms with Crippen LogP contribution in [0.2, 0.25) is 0 Å². The van der Waals surface area contributed by atoms with E-state index < -0.39 is 0 Å². The van der Waals surface area contributed by atoms with E-state index in [4.69, 9.17) is 5.14 Å². The molecule has 0 heterocycles. The van der Waals surface area contributed by atoms with Gasteiger partial charge in [-0.05, 0) is 24.1 Å². The van der Waals surface area contributed by atoms with Crippen LogP contribution in [0, 0.1) is 0 Å². The molecule has 1 rings (SSSR count). The van der Waals surface area contributed by atoms with E-state index in [0.717, 1.165) is 16.8 Å². The Labute approximate surface area is 53.0 Å². The molecule has 0 atom stereocenters. The second-order valence-corrected chi connectivity index (χ2v) is 2.09. The van der Waals surface area contributed by atoms with Gasteiger partial charge in [-0.25, -0.2) is 0 Å². The Morgan fingerprint density at radius 2 is 1.75 bits per heavy atom. The minimum absolute atomic E-state index is 0.993. The average Bonchev–Trinajstić information content (AvgIpc) is 1.90. The lowest BCUT2D eigenvalue weighted by molar-refractivity contribution is 1.46. The molecule has 0 aliphatic carbocycles. The molecule has 0 fully saturated rings. The van der Waals surface area contributed by atoms with Crippen LogP contribution in [0.15, 0.2) is 35.2 Å². The van der Waals surface area contributed by atoms with Gasteiger partial charge in [-0.3, -0.25) is 0 Å². The molecule has 0 bridgehead atoms. The van der Waals surface area contributed by atoms with E-state index in [1.807, 2.05) is 30.3 Å². The Morgan fingerprint density at radius 3 is 2.12 bits per heavy atom. The predicted octanol–water partition coefficient (Wildman–Crippen LogP) is 1.98. The molecule has 0 aliphatic heterocycles. The molecule has 1 aromatic carbocycles. The highest BCUT2D eigenvalue weighted by Gasteiger charge is 1.81. The van der Waals surface area contributed by atoms with Crippen molar-refractivity contribution in [3.05, 3.63) is 30.3 Å². The predicted molar refractivity (Wildman–Crippen MR) is 35.4 cm³/mol. The Morgan fingerprint density at radius 1 is 1.12 bits per heavy atom. The number of rotatable bonds is 1. The summed E-state index contributed by atoms with van der Waals surface area (Å²) in [7, 11) is 0. The van der Waals surface area contributed by atoms with Crippen molar-refractivity contribution in [3.63, 3.8) is 0 Å². The first-order valence-corrected chi connectivity index (χ1v) is 3.14. The second kappa shape index (κ2) is 2.74. The Balaban J connectivity index is 2.83. The molecule has 0 aromatic heterocycles. The molecule has 0 amide bonds. The maximum absolute atomic E-state index is 6.86. The van der Waals surface area contributed by atoms with Crippen molar-refractivity contribution in [2.45, 2.75) is 4.90 Å². The van der Waals surface area contributed by atoms with Gasteiger partial charge in [-0.2, -0.15) is 5.14 Å². The van der Waals surface area contributed by atoms with Crippen LogP contribution in [0.5, 0.6) is 0 Å². The Hall–Kier alpha value is -0.470. The summed E-state index contributed by atoms with van der Waals surface area (Å²) >= 11 is 1.02.